The largest absolute Gasteiger partial charge is 0.496 e. The number of aromatic nitrogens is 4. The molecule has 0 aliphatic carbocycles. The molecule has 1 aliphatic heterocycles. The van der Waals surface area contributed by atoms with Crippen molar-refractivity contribution in [1.82, 2.24) is 19.5 Å². The monoisotopic (exact) mass is 388 g/mol. The van der Waals surface area contributed by atoms with Gasteiger partial charge in [-0.15, -0.1) is 0 Å². The normalized spacial score (nSPS) is 21.1. The second-order valence-electron chi connectivity index (χ2n) is 5.82. The van der Waals surface area contributed by atoms with Crippen LogP contribution in [0.3, 0.4) is 0 Å². The maximum absolute atomic E-state index is 6.00. The average Bonchev–Trinajstić information content (AvgIpc) is 3.06. The highest BCUT2D eigenvalue weighted by atomic mass is 79.9. The van der Waals surface area contributed by atoms with Crippen LogP contribution in [-0.4, -0.2) is 33.2 Å². The zero-order valence-corrected chi connectivity index (χ0v) is 14.8. The van der Waals surface area contributed by atoms with Crippen LogP contribution < -0.4 is 4.74 Å². The second kappa shape index (κ2) is 6.49. The lowest BCUT2D eigenvalue weighted by atomic mass is 9.97. The highest BCUT2D eigenvalue weighted by Crippen LogP contribution is 2.37. The van der Waals surface area contributed by atoms with E-state index in [-0.39, 0.29) is 6.10 Å². The molecule has 0 N–H and O–H groups in total. The molecule has 7 heteroatoms. The van der Waals surface area contributed by atoms with Crippen molar-refractivity contribution in [3.63, 3.8) is 0 Å². The van der Waals surface area contributed by atoms with Crippen molar-refractivity contribution in [2.24, 2.45) is 0 Å². The van der Waals surface area contributed by atoms with E-state index < -0.39 is 0 Å². The molecule has 0 spiro atoms. The topological polar surface area (TPSA) is 62.1 Å². The van der Waals surface area contributed by atoms with Crippen molar-refractivity contribution in [2.45, 2.75) is 25.0 Å². The molecule has 0 bridgehead atoms. The molecular weight excluding hydrogens is 372 g/mol. The number of fused-ring (bicyclic) bond motifs is 1. The van der Waals surface area contributed by atoms with E-state index in [4.69, 9.17) is 9.47 Å². The molecule has 3 aromatic rings. The molecule has 2 atom stereocenters. The predicted molar refractivity (Wildman–Crippen MR) is 93.0 cm³/mol. The summed E-state index contributed by atoms with van der Waals surface area (Å²) >= 11 is 3.55. The highest BCUT2D eigenvalue weighted by molar-refractivity contribution is 9.10. The predicted octanol–water partition coefficient (Wildman–Crippen LogP) is 3.69. The Hall–Kier alpha value is -1.99. The van der Waals surface area contributed by atoms with Crippen LogP contribution in [0.1, 0.15) is 30.6 Å². The van der Waals surface area contributed by atoms with Crippen molar-refractivity contribution >= 4 is 27.1 Å². The molecule has 0 saturated carbocycles. The van der Waals surface area contributed by atoms with Gasteiger partial charge in [-0.25, -0.2) is 15.0 Å². The Morgan fingerprint density at radius 2 is 2.25 bits per heavy atom. The molecule has 1 saturated heterocycles. The molecule has 6 nitrogen and oxygen atoms in total. The van der Waals surface area contributed by atoms with Crippen LogP contribution in [-0.2, 0) is 4.74 Å². The highest BCUT2D eigenvalue weighted by Gasteiger charge is 2.26. The molecule has 1 aliphatic rings. The van der Waals surface area contributed by atoms with E-state index in [1.165, 1.54) is 0 Å². The van der Waals surface area contributed by atoms with Crippen molar-refractivity contribution < 1.29 is 9.47 Å². The van der Waals surface area contributed by atoms with Gasteiger partial charge in [-0.2, -0.15) is 0 Å². The van der Waals surface area contributed by atoms with E-state index in [1.807, 2.05) is 12.4 Å². The quantitative estimate of drug-likeness (QED) is 0.684. The number of methoxy groups -OCH3 is 1. The molecule has 1 fully saturated rings. The lowest BCUT2D eigenvalue weighted by Crippen LogP contribution is -2.22. The fourth-order valence-corrected chi connectivity index (χ4v) is 3.76. The summed E-state index contributed by atoms with van der Waals surface area (Å²) < 4.78 is 14.4. The second-order valence-corrected chi connectivity index (χ2v) is 6.67. The number of hydrogen-bond donors (Lipinski definition) is 0. The average molecular weight is 389 g/mol. The Morgan fingerprint density at radius 1 is 1.33 bits per heavy atom. The number of hydrogen-bond acceptors (Lipinski definition) is 5. The van der Waals surface area contributed by atoms with E-state index in [9.17, 15) is 0 Å². The molecule has 124 valence electrons. The Kier molecular flexibility index (Phi) is 4.20. The van der Waals surface area contributed by atoms with Crippen LogP contribution in [0.2, 0.25) is 0 Å². The first-order valence-corrected chi connectivity index (χ1v) is 8.63. The van der Waals surface area contributed by atoms with Gasteiger partial charge in [0, 0.05) is 12.6 Å². The molecule has 24 heavy (non-hydrogen) atoms. The maximum Gasteiger partial charge on any atom is 0.163 e. The standard InChI is InChI=1S/C17H17BrN4O2/c1-23-15-3-2-11(6-13(15)18)16-7-12(4-5-24-16)22-10-21-14-8-19-9-20-17(14)22/h2-3,6,8-10,12,16H,4-5,7H2,1H3. The van der Waals surface area contributed by atoms with Gasteiger partial charge < -0.3 is 14.0 Å². The number of rotatable bonds is 3. The van der Waals surface area contributed by atoms with Crippen molar-refractivity contribution in [2.75, 3.05) is 13.7 Å². The summed E-state index contributed by atoms with van der Waals surface area (Å²) in [5, 5.41) is 0. The summed E-state index contributed by atoms with van der Waals surface area (Å²) in [6.45, 7) is 0.712. The van der Waals surface area contributed by atoms with Gasteiger partial charge in [0.05, 0.1) is 30.2 Å². The van der Waals surface area contributed by atoms with E-state index >= 15 is 0 Å². The van der Waals surface area contributed by atoms with Gasteiger partial charge in [-0.1, -0.05) is 6.07 Å². The molecule has 2 aromatic heterocycles. The summed E-state index contributed by atoms with van der Waals surface area (Å²) in [6.07, 6.45) is 7.05. The summed E-state index contributed by atoms with van der Waals surface area (Å²) in [4.78, 5) is 12.8. The van der Waals surface area contributed by atoms with Crippen LogP contribution in [0.5, 0.6) is 5.75 Å². The van der Waals surface area contributed by atoms with Crippen LogP contribution in [0.25, 0.3) is 11.2 Å². The first-order chi connectivity index (χ1) is 11.8. The molecule has 2 unspecified atom stereocenters. The SMILES string of the molecule is COc1ccc(C2CC(n3cnc4cncnc43)CCO2)cc1Br. The Morgan fingerprint density at radius 3 is 3.08 bits per heavy atom. The van der Waals surface area contributed by atoms with E-state index in [1.54, 1.807) is 19.6 Å². The lowest BCUT2D eigenvalue weighted by Gasteiger charge is -2.31. The Labute approximate surface area is 148 Å². The summed E-state index contributed by atoms with van der Waals surface area (Å²) in [7, 11) is 1.67. The minimum atomic E-state index is 0.0465. The van der Waals surface area contributed by atoms with E-state index in [0.717, 1.165) is 39.8 Å². The van der Waals surface area contributed by atoms with Gasteiger partial charge in [-0.05, 0) is 46.5 Å². The Bertz CT molecular complexity index is 867. The number of nitrogens with zero attached hydrogens (tertiary/aromatic N) is 4. The van der Waals surface area contributed by atoms with Gasteiger partial charge in [-0.3, -0.25) is 0 Å². The van der Waals surface area contributed by atoms with Gasteiger partial charge >= 0.3 is 0 Å². The third kappa shape index (κ3) is 2.78. The van der Waals surface area contributed by atoms with Crippen LogP contribution >= 0.6 is 15.9 Å². The molecular formula is C17H17BrN4O2. The van der Waals surface area contributed by atoms with Crippen molar-refractivity contribution in [3.8, 4) is 5.75 Å². The molecule has 4 rings (SSSR count). The molecule has 3 heterocycles. The smallest absolute Gasteiger partial charge is 0.163 e. The number of benzene rings is 1. The lowest BCUT2D eigenvalue weighted by molar-refractivity contribution is -0.00643. The van der Waals surface area contributed by atoms with Crippen molar-refractivity contribution in [1.29, 1.82) is 0 Å². The van der Waals surface area contributed by atoms with Gasteiger partial charge in [0.2, 0.25) is 0 Å². The molecule has 0 amide bonds. The fourth-order valence-electron chi connectivity index (χ4n) is 3.20. The first-order valence-electron chi connectivity index (χ1n) is 7.84. The van der Waals surface area contributed by atoms with E-state index in [2.05, 4.69) is 47.6 Å². The third-order valence-corrected chi connectivity index (χ3v) is 5.06. The number of imidazole rings is 1. The van der Waals surface area contributed by atoms with Gasteiger partial charge in [0.15, 0.2) is 5.65 Å². The van der Waals surface area contributed by atoms with Gasteiger partial charge in [0.25, 0.3) is 0 Å². The van der Waals surface area contributed by atoms with E-state index in [0.29, 0.717) is 12.6 Å². The summed E-state index contributed by atoms with van der Waals surface area (Å²) in [6, 6.07) is 6.40. The minimum Gasteiger partial charge on any atom is -0.496 e. The molecule has 1 aromatic carbocycles. The zero-order chi connectivity index (χ0) is 16.5. The van der Waals surface area contributed by atoms with Gasteiger partial charge in [0.1, 0.15) is 17.6 Å². The number of ether oxygens (including phenoxy) is 2. The maximum atomic E-state index is 6.00. The first kappa shape index (κ1) is 15.5. The number of halogens is 1. The Balaban J connectivity index is 1.61. The van der Waals surface area contributed by atoms with Crippen LogP contribution in [0.15, 0.2) is 41.5 Å². The zero-order valence-electron chi connectivity index (χ0n) is 13.2. The van der Waals surface area contributed by atoms with Crippen molar-refractivity contribution in [3.05, 3.63) is 47.1 Å². The van der Waals surface area contributed by atoms with Crippen LogP contribution in [0, 0.1) is 0 Å². The van der Waals surface area contributed by atoms with Crippen LogP contribution in [0.4, 0.5) is 0 Å². The molecule has 0 radical (unpaired) electrons. The minimum absolute atomic E-state index is 0.0465. The summed E-state index contributed by atoms with van der Waals surface area (Å²) in [5.41, 5.74) is 2.85. The fraction of sp³-hybridized carbons (Fsp3) is 0.353. The third-order valence-electron chi connectivity index (χ3n) is 4.44. The summed E-state index contributed by atoms with van der Waals surface area (Å²) in [5.74, 6) is 0.823.